The Labute approximate surface area is 267 Å². The number of ether oxygens (including phenoxy) is 2. The highest BCUT2D eigenvalue weighted by atomic mass is 16.5. The first kappa shape index (κ1) is 33.2. The summed E-state index contributed by atoms with van der Waals surface area (Å²) in [4.78, 5) is 0. The molecule has 1 unspecified atom stereocenters. The van der Waals surface area contributed by atoms with Gasteiger partial charge >= 0.3 is 0 Å². The van der Waals surface area contributed by atoms with E-state index in [1.54, 1.807) is 0 Å². The van der Waals surface area contributed by atoms with Gasteiger partial charge in [-0.1, -0.05) is 115 Å². The summed E-state index contributed by atoms with van der Waals surface area (Å²) in [5, 5.41) is 2.27. The normalized spacial score (nSPS) is 14.6. The second kappa shape index (κ2) is 18.9. The van der Waals surface area contributed by atoms with Crippen LogP contribution in [0.1, 0.15) is 114 Å². The lowest BCUT2D eigenvalue weighted by Crippen LogP contribution is -2.34. The van der Waals surface area contributed by atoms with E-state index < -0.39 is 0 Å². The third-order valence-corrected chi connectivity index (χ3v) is 8.24. The summed E-state index contributed by atoms with van der Waals surface area (Å²) in [5.74, 6) is 1.87. The average Bonchev–Trinajstić information content (AvgIpc) is 3.49. The maximum Gasteiger partial charge on any atom is 0.119 e. The number of allylic oxidation sites excluding steroid dienone is 1. The first-order valence-electron chi connectivity index (χ1n) is 17.2. The molecule has 4 nitrogen and oxygen atoms in total. The van der Waals surface area contributed by atoms with Gasteiger partial charge in [0.25, 0.3) is 0 Å². The minimum Gasteiger partial charge on any atom is -0.494 e. The lowest BCUT2D eigenvalue weighted by atomic mass is 10.0. The smallest absolute Gasteiger partial charge is 0.119 e. The molecule has 0 bridgehead atoms. The Morgan fingerprint density at radius 1 is 0.614 bits per heavy atom. The second-order valence-corrected chi connectivity index (χ2v) is 12.0. The zero-order valence-electron chi connectivity index (χ0n) is 27.4. The van der Waals surface area contributed by atoms with Crippen molar-refractivity contribution in [2.75, 3.05) is 18.2 Å². The fourth-order valence-electron chi connectivity index (χ4n) is 5.52. The standard InChI is InChI=1S/C40H54N2O2/c1-4-7-10-11-12-15-33-17-24-37(25-18-33)42-40(35-21-28-39(29-22-35)44-31-14-9-6-3)32-36(41-42)23-16-34-19-26-38(27-20-34)43-30-13-8-5-2/h16-29,32,40-41H,4-15,30-31H2,1-3H3. The fourth-order valence-corrected chi connectivity index (χ4v) is 5.52. The summed E-state index contributed by atoms with van der Waals surface area (Å²) in [7, 11) is 0. The monoisotopic (exact) mass is 594 g/mol. The van der Waals surface area contributed by atoms with Crippen LogP contribution in [0.3, 0.4) is 0 Å². The van der Waals surface area contributed by atoms with Gasteiger partial charge in [0, 0.05) is 0 Å². The molecule has 44 heavy (non-hydrogen) atoms. The number of rotatable bonds is 20. The molecule has 3 aromatic rings. The van der Waals surface area contributed by atoms with Crippen molar-refractivity contribution in [1.29, 1.82) is 0 Å². The van der Waals surface area contributed by atoms with Crippen LogP contribution in [0.2, 0.25) is 0 Å². The molecule has 0 fully saturated rings. The lowest BCUT2D eigenvalue weighted by Gasteiger charge is -2.27. The first-order valence-corrected chi connectivity index (χ1v) is 17.2. The van der Waals surface area contributed by atoms with Crippen molar-refractivity contribution in [3.8, 4) is 11.5 Å². The predicted molar refractivity (Wildman–Crippen MR) is 187 cm³/mol. The molecule has 0 saturated heterocycles. The molecule has 0 aliphatic carbocycles. The highest BCUT2D eigenvalue weighted by Gasteiger charge is 2.25. The van der Waals surface area contributed by atoms with Gasteiger partial charge in [-0.3, -0.25) is 10.4 Å². The van der Waals surface area contributed by atoms with Crippen LogP contribution < -0.4 is 19.9 Å². The highest BCUT2D eigenvalue weighted by molar-refractivity contribution is 5.59. The number of anilines is 1. The minimum absolute atomic E-state index is 0.0718. The Hall–Kier alpha value is -3.66. The molecule has 0 saturated carbocycles. The summed E-state index contributed by atoms with van der Waals surface area (Å²) in [5.41, 5.74) is 9.71. The molecular weight excluding hydrogens is 540 g/mol. The van der Waals surface area contributed by atoms with Crippen molar-refractivity contribution in [3.63, 3.8) is 0 Å². The van der Waals surface area contributed by atoms with Gasteiger partial charge in [0.1, 0.15) is 11.5 Å². The van der Waals surface area contributed by atoms with E-state index in [4.69, 9.17) is 9.47 Å². The van der Waals surface area contributed by atoms with Crippen molar-refractivity contribution in [3.05, 3.63) is 107 Å². The molecule has 1 heterocycles. The molecule has 0 amide bonds. The Bertz CT molecular complexity index is 1260. The SMILES string of the molecule is CCCCCCCc1ccc(N2NC(C=Cc3ccc(OCCCCC)cc3)=CC2c2ccc(OCCCCC)cc2)cc1. The van der Waals surface area contributed by atoms with Gasteiger partial charge in [0.05, 0.1) is 30.6 Å². The zero-order chi connectivity index (χ0) is 30.8. The number of unbranched alkanes of at least 4 members (excludes halogenated alkanes) is 8. The molecule has 4 heteroatoms. The van der Waals surface area contributed by atoms with Crippen molar-refractivity contribution in [1.82, 2.24) is 5.43 Å². The van der Waals surface area contributed by atoms with Gasteiger partial charge in [-0.15, -0.1) is 0 Å². The molecule has 0 spiro atoms. The van der Waals surface area contributed by atoms with Gasteiger partial charge in [-0.25, -0.2) is 0 Å². The molecule has 236 valence electrons. The Kier molecular flexibility index (Phi) is 14.3. The summed E-state index contributed by atoms with van der Waals surface area (Å²) in [6.45, 7) is 8.26. The molecule has 0 radical (unpaired) electrons. The third-order valence-electron chi connectivity index (χ3n) is 8.24. The number of hydrogen-bond donors (Lipinski definition) is 1. The maximum absolute atomic E-state index is 5.99. The van der Waals surface area contributed by atoms with E-state index in [1.165, 1.54) is 68.9 Å². The van der Waals surface area contributed by atoms with Crippen LogP contribution in [0.25, 0.3) is 6.08 Å². The lowest BCUT2D eigenvalue weighted by molar-refractivity contribution is 0.306. The van der Waals surface area contributed by atoms with Gasteiger partial charge < -0.3 is 9.47 Å². The van der Waals surface area contributed by atoms with Gasteiger partial charge in [-0.2, -0.15) is 0 Å². The van der Waals surface area contributed by atoms with E-state index >= 15 is 0 Å². The molecule has 3 aromatic carbocycles. The van der Waals surface area contributed by atoms with Crippen molar-refractivity contribution >= 4 is 11.8 Å². The first-order chi connectivity index (χ1) is 21.7. The summed E-state index contributed by atoms with van der Waals surface area (Å²) in [6.07, 6.45) is 21.4. The number of benzene rings is 3. The largest absolute Gasteiger partial charge is 0.494 e. The number of aryl methyl sites for hydroxylation is 1. The van der Waals surface area contributed by atoms with E-state index in [1.807, 2.05) is 0 Å². The molecule has 1 aliphatic heterocycles. The number of hydrogen-bond acceptors (Lipinski definition) is 4. The summed E-state index contributed by atoms with van der Waals surface area (Å²) >= 11 is 0. The van der Waals surface area contributed by atoms with E-state index in [0.29, 0.717) is 0 Å². The Morgan fingerprint density at radius 3 is 1.80 bits per heavy atom. The zero-order valence-corrected chi connectivity index (χ0v) is 27.4. The number of nitrogens with zero attached hydrogens (tertiary/aromatic N) is 1. The van der Waals surface area contributed by atoms with E-state index in [2.05, 4.69) is 122 Å². The van der Waals surface area contributed by atoms with Crippen LogP contribution in [-0.4, -0.2) is 13.2 Å². The summed E-state index contributed by atoms with van der Waals surface area (Å²) in [6, 6.07) is 26.1. The van der Waals surface area contributed by atoms with Crippen LogP contribution in [0.5, 0.6) is 11.5 Å². The van der Waals surface area contributed by atoms with Crippen LogP contribution in [0, 0.1) is 0 Å². The molecule has 1 N–H and O–H groups in total. The Morgan fingerprint density at radius 2 is 1.18 bits per heavy atom. The maximum atomic E-state index is 5.99. The molecule has 1 aliphatic rings. The summed E-state index contributed by atoms with van der Waals surface area (Å²) < 4.78 is 11.9. The van der Waals surface area contributed by atoms with Gasteiger partial charge in [0.15, 0.2) is 0 Å². The van der Waals surface area contributed by atoms with Crippen LogP contribution >= 0.6 is 0 Å². The minimum atomic E-state index is 0.0718. The van der Waals surface area contributed by atoms with Crippen LogP contribution in [0.15, 0.2) is 90.6 Å². The van der Waals surface area contributed by atoms with E-state index in [9.17, 15) is 0 Å². The molecule has 0 aromatic heterocycles. The average molecular weight is 595 g/mol. The molecular formula is C40H54N2O2. The van der Waals surface area contributed by atoms with Crippen molar-refractivity contribution < 1.29 is 9.47 Å². The number of nitrogens with one attached hydrogen (secondary N) is 1. The second-order valence-electron chi connectivity index (χ2n) is 12.0. The molecule has 4 rings (SSSR count). The van der Waals surface area contributed by atoms with Crippen molar-refractivity contribution in [2.45, 2.75) is 104 Å². The van der Waals surface area contributed by atoms with E-state index in [-0.39, 0.29) is 6.04 Å². The predicted octanol–water partition coefficient (Wildman–Crippen LogP) is 11.0. The van der Waals surface area contributed by atoms with E-state index in [0.717, 1.165) is 60.9 Å². The molecule has 1 atom stereocenters. The fraction of sp³-hybridized carbons (Fsp3) is 0.450. The third kappa shape index (κ3) is 10.8. The quantitative estimate of drug-likeness (QED) is 0.132. The van der Waals surface area contributed by atoms with Gasteiger partial charge in [0.2, 0.25) is 0 Å². The topological polar surface area (TPSA) is 33.7 Å². The van der Waals surface area contributed by atoms with Crippen LogP contribution in [-0.2, 0) is 6.42 Å². The Balaban J connectivity index is 1.44. The van der Waals surface area contributed by atoms with Crippen LogP contribution in [0.4, 0.5) is 5.69 Å². The number of hydrazine groups is 1. The van der Waals surface area contributed by atoms with Gasteiger partial charge in [-0.05, 0) is 90.9 Å². The van der Waals surface area contributed by atoms with Crippen molar-refractivity contribution in [2.24, 2.45) is 0 Å². The highest BCUT2D eigenvalue weighted by Crippen LogP contribution is 2.34.